The summed E-state index contributed by atoms with van der Waals surface area (Å²) >= 11 is 0. The standard InChI is InChI=1S/C20H27NO5S/c1-14-11-15(13-21(2)20(14)22)18-12-17(27(4,23)24-3)5-6-19(18)26-16-7-9-25-10-8-16/h5-6,11-13,16,23H,7-10H2,1-4H3. The normalized spacial score (nSPS) is 18.7. The van der Waals surface area contributed by atoms with Crippen LogP contribution < -0.4 is 10.3 Å². The molecule has 0 bridgehead atoms. The quantitative estimate of drug-likeness (QED) is 0.838. The summed E-state index contributed by atoms with van der Waals surface area (Å²) < 4.78 is 29.1. The van der Waals surface area contributed by atoms with E-state index in [0.29, 0.717) is 23.7 Å². The van der Waals surface area contributed by atoms with Gasteiger partial charge in [-0.15, -0.1) is 0 Å². The third-order valence-electron chi connectivity index (χ3n) is 4.85. The van der Waals surface area contributed by atoms with Gasteiger partial charge in [0.05, 0.1) is 25.2 Å². The van der Waals surface area contributed by atoms with Crippen LogP contribution in [0, 0.1) is 6.92 Å². The zero-order valence-corrected chi connectivity index (χ0v) is 17.0. The van der Waals surface area contributed by atoms with Gasteiger partial charge in [0.25, 0.3) is 5.56 Å². The molecule has 1 fully saturated rings. The van der Waals surface area contributed by atoms with E-state index in [-0.39, 0.29) is 11.7 Å². The molecule has 1 aliphatic heterocycles. The highest BCUT2D eigenvalue weighted by Gasteiger charge is 2.21. The third kappa shape index (κ3) is 4.38. The lowest BCUT2D eigenvalue weighted by Crippen LogP contribution is -2.26. The molecule has 1 unspecified atom stereocenters. The summed E-state index contributed by atoms with van der Waals surface area (Å²) in [6.45, 7) is 3.18. The Bertz CT molecular complexity index is 845. The minimum Gasteiger partial charge on any atom is -0.490 e. The molecule has 1 aromatic heterocycles. The molecule has 0 amide bonds. The molecule has 1 aliphatic rings. The van der Waals surface area contributed by atoms with E-state index in [2.05, 4.69) is 0 Å². The van der Waals surface area contributed by atoms with Crippen LogP contribution in [0.25, 0.3) is 11.1 Å². The number of aromatic nitrogens is 1. The summed E-state index contributed by atoms with van der Waals surface area (Å²) in [5.74, 6) is 0.731. The number of hydrogen-bond donors (Lipinski definition) is 1. The molecular formula is C20H27NO5S. The van der Waals surface area contributed by atoms with Crippen LogP contribution in [-0.2, 0) is 16.0 Å². The van der Waals surface area contributed by atoms with Crippen LogP contribution in [0.1, 0.15) is 18.4 Å². The predicted molar refractivity (Wildman–Crippen MR) is 108 cm³/mol. The van der Waals surface area contributed by atoms with Gasteiger partial charge in [-0.1, -0.05) is 0 Å². The Balaban J connectivity index is 2.09. The van der Waals surface area contributed by atoms with Crippen LogP contribution in [0.2, 0.25) is 0 Å². The summed E-state index contributed by atoms with van der Waals surface area (Å²) in [6, 6.07) is 7.47. The van der Waals surface area contributed by atoms with E-state index in [0.717, 1.165) is 29.7 Å². The van der Waals surface area contributed by atoms with Gasteiger partial charge in [-0.2, -0.15) is 10.6 Å². The van der Waals surface area contributed by atoms with Crippen molar-refractivity contribution in [3.63, 3.8) is 0 Å². The van der Waals surface area contributed by atoms with Crippen LogP contribution in [0.15, 0.2) is 40.2 Å². The molecule has 148 valence electrons. The molecular weight excluding hydrogens is 366 g/mol. The van der Waals surface area contributed by atoms with Gasteiger partial charge in [0.2, 0.25) is 0 Å². The van der Waals surface area contributed by atoms with Crippen LogP contribution in [0.3, 0.4) is 0 Å². The summed E-state index contributed by atoms with van der Waals surface area (Å²) in [7, 11) is 0.881. The van der Waals surface area contributed by atoms with Crippen LogP contribution in [0.5, 0.6) is 5.75 Å². The van der Waals surface area contributed by atoms with Gasteiger partial charge in [-0.05, 0) is 31.2 Å². The van der Waals surface area contributed by atoms with E-state index < -0.39 is 10.6 Å². The van der Waals surface area contributed by atoms with Crippen molar-refractivity contribution in [2.75, 3.05) is 26.6 Å². The molecule has 1 saturated heterocycles. The summed E-state index contributed by atoms with van der Waals surface area (Å²) in [5, 5.41) is 0. The van der Waals surface area contributed by atoms with Crippen molar-refractivity contribution in [3.05, 3.63) is 46.4 Å². The fourth-order valence-corrected chi connectivity index (χ4v) is 4.02. The Kier molecular flexibility index (Phi) is 5.95. The highest BCUT2D eigenvalue weighted by atomic mass is 32.3. The number of benzene rings is 1. The van der Waals surface area contributed by atoms with Gasteiger partial charge in [0.1, 0.15) is 11.9 Å². The van der Waals surface area contributed by atoms with E-state index in [1.165, 1.54) is 7.11 Å². The second-order valence-corrected chi connectivity index (χ2v) is 9.29. The number of aryl methyl sites for hydroxylation is 2. The Hall–Kier alpha value is -1.80. The summed E-state index contributed by atoms with van der Waals surface area (Å²) in [5.41, 5.74) is 2.33. The molecule has 27 heavy (non-hydrogen) atoms. The SMILES string of the molecule is COS(C)(O)c1ccc(OC2CCOCC2)c(-c2cc(C)c(=O)n(C)c2)c1. The van der Waals surface area contributed by atoms with Gasteiger partial charge in [0.15, 0.2) is 0 Å². The van der Waals surface area contributed by atoms with E-state index in [1.54, 1.807) is 31.0 Å². The average molecular weight is 394 g/mol. The van der Waals surface area contributed by atoms with Crippen LogP contribution >= 0.6 is 10.6 Å². The number of nitrogens with zero attached hydrogens (tertiary/aromatic N) is 1. The Morgan fingerprint density at radius 3 is 2.59 bits per heavy atom. The van der Waals surface area contributed by atoms with E-state index in [4.69, 9.17) is 13.7 Å². The molecule has 0 spiro atoms. The van der Waals surface area contributed by atoms with Crippen molar-refractivity contribution in [3.8, 4) is 16.9 Å². The Labute approximate surface area is 161 Å². The van der Waals surface area contributed by atoms with Crippen molar-refractivity contribution in [2.24, 2.45) is 7.05 Å². The highest BCUT2D eigenvalue weighted by Crippen LogP contribution is 2.51. The van der Waals surface area contributed by atoms with Crippen LogP contribution in [-0.4, -0.2) is 41.8 Å². The van der Waals surface area contributed by atoms with Crippen molar-refractivity contribution < 1.29 is 18.2 Å². The Morgan fingerprint density at radius 1 is 1.26 bits per heavy atom. The van der Waals surface area contributed by atoms with Crippen molar-refractivity contribution in [2.45, 2.75) is 30.8 Å². The topological polar surface area (TPSA) is 69.9 Å². The molecule has 2 heterocycles. The first-order valence-electron chi connectivity index (χ1n) is 8.94. The van der Waals surface area contributed by atoms with Crippen molar-refractivity contribution in [1.29, 1.82) is 0 Å². The third-order valence-corrected chi connectivity index (χ3v) is 6.63. The zero-order chi connectivity index (χ0) is 19.6. The minimum atomic E-state index is -2.35. The first kappa shape index (κ1) is 19.9. The number of rotatable bonds is 5. The average Bonchev–Trinajstić information content (AvgIpc) is 2.66. The monoisotopic (exact) mass is 393 g/mol. The molecule has 3 rings (SSSR count). The van der Waals surface area contributed by atoms with Gasteiger partial charge in [0, 0.05) is 49.0 Å². The summed E-state index contributed by atoms with van der Waals surface area (Å²) in [6.07, 6.45) is 5.25. The minimum absolute atomic E-state index is 0.0312. The highest BCUT2D eigenvalue weighted by molar-refractivity contribution is 8.24. The number of hydrogen-bond acceptors (Lipinski definition) is 5. The molecule has 0 aliphatic carbocycles. The van der Waals surface area contributed by atoms with Crippen molar-refractivity contribution in [1.82, 2.24) is 4.57 Å². The molecule has 1 N–H and O–H groups in total. The number of pyridine rings is 1. The fraction of sp³-hybridized carbons (Fsp3) is 0.450. The maximum Gasteiger partial charge on any atom is 0.253 e. The van der Waals surface area contributed by atoms with Crippen molar-refractivity contribution >= 4 is 10.6 Å². The van der Waals surface area contributed by atoms with Gasteiger partial charge in [-0.3, -0.25) is 13.5 Å². The Morgan fingerprint density at radius 2 is 1.96 bits per heavy atom. The molecule has 0 radical (unpaired) electrons. The number of ether oxygens (including phenoxy) is 2. The van der Waals surface area contributed by atoms with Gasteiger partial charge >= 0.3 is 0 Å². The zero-order valence-electron chi connectivity index (χ0n) is 16.2. The molecule has 6 nitrogen and oxygen atoms in total. The second kappa shape index (κ2) is 8.06. The van der Waals surface area contributed by atoms with Gasteiger partial charge in [-0.25, -0.2) is 0 Å². The predicted octanol–water partition coefficient (Wildman–Crippen LogP) is 3.75. The van der Waals surface area contributed by atoms with E-state index in [9.17, 15) is 9.35 Å². The largest absolute Gasteiger partial charge is 0.490 e. The van der Waals surface area contributed by atoms with Gasteiger partial charge < -0.3 is 14.0 Å². The lowest BCUT2D eigenvalue weighted by Gasteiger charge is -2.33. The molecule has 1 aromatic carbocycles. The molecule has 7 heteroatoms. The van der Waals surface area contributed by atoms with E-state index >= 15 is 0 Å². The lowest BCUT2D eigenvalue weighted by molar-refractivity contribution is 0.0258. The fourth-order valence-electron chi connectivity index (χ4n) is 3.17. The first-order chi connectivity index (χ1) is 12.8. The first-order valence-corrected chi connectivity index (χ1v) is 10.9. The molecule has 0 saturated carbocycles. The molecule has 1 atom stereocenters. The lowest BCUT2D eigenvalue weighted by atomic mass is 10.0. The summed E-state index contributed by atoms with van der Waals surface area (Å²) in [4.78, 5) is 12.8. The smallest absolute Gasteiger partial charge is 0.253 e. The van der Waals surface area contributed by atoms with E-state index in [1.807, 2.05) is 24.3 Å². The molecule has 2 aromatic rings. The maximum absolute atomic E-state index is 12.1. The maximum atomic E-state index is 12.1. The van der Waals surface area contributed by atoms with Crippen LogP contribution in [0.4, 0.5) is 0 Å². The second-order valence-electron chi connectivity index (χ2n) is 6.88.